The van der Waals surface area contributed by atoms with Crippen molar-refractivity contribution >= 4 is 34.4 Å². The number of piperidine rings is 1. The number of rotatable bonds is 4. The number of pyridine rings is 1. The van der Waals surface area contributed by atoms with E-state index in [2.05, 4.69) is 32.5 Å². The molecule has 2 rings (SSSR count). The van der Waals surface area contributed by atoms with Crippen LogP contribution in [-0.4, -0.2) is 30.6 Å². The van der Waals surface area contributed by atoms with Crippen molar-refractivity contribution in [1.82, 2.24) is 4.98 Å². The lowest BCUT2D eigenvalue weighted by atomic mass is 9.93. The average Bonchev–Trinajstić information content (AvgIpc) is 2.40. The van der Waals surface area contributed by atoms with Crippen LogP contribution >= 0.6 is 22.6 Å². The van der Waals surface area contributed by atoms with Gasteiger partial charge in [-0.05, 0) is 60.4 Å². The molecular weight excluding hydrogens is 355 g/mol. The normalized spacial score (nSPS) is 16.4. The van der Waals surface area contributed by atoms with E-state index in [0.717, 1.165) is 35.4 Å². The molecule has 2 heterocycles. The second-order valence-corrected chi connectivity index (χ2v) is 5.86. The highest BCUT2D eigenvalue weighted by Gasteiger charge is 2.22. The van der Waals surface area contributed by atoms with Gasteiger partial charge in [0.25, 0.3) is 0 Å². The minimum Gasteiger partial charge on any atom is -0.466 e. The topological polar surface area (TPSA) is 42.4 Å². The molecule has 1 aromatic heterocycles. The van der Waals surface area contributed by atoms with E-state index in [1.165, 1.54) is 0 Å². The highest BCUT2D eigenvalue weighted by molar-refractivity contribution is 14.1. The molecule has 1 aliphatic rings. The molecule has 0 unspecified atom stereocenters. The number of esters is 1. The second-order valence-electron chi connectivity index (χ2n) is 4.76. The first-order valence-corrected chi connectivity index (χ1v) is 7.80. The molecule has 0 saturated carbocycles. The lowest BCUT2D eigenvalue weighted by molar-refractivity contribution is -0.144. The van der Waals surface area contributed by atoms with Gasteiger partial charge in [-0.2, -0.15) is 0 Å². The Morgan fingerprint density at radius 3 is 2.84 bits per heavy atom. The van der Waals surface area contributed by atoms with Crippen LogP contribution in [0.25, 0.3) is 0 Å². The van der Waals surface area contributed by atoms with Crippen LogP contribution in [-0.2, 0) is 9.53 Å². The van der Waals surface area contributed by atoms with Crippen molar-refractivity contribution in [3.63, 3.8) is 0 Å². The summed E-state index contributed by atoms with van der Waals surface area (Å²) in [6.45, 7) is 4.27. The summed E-state index contributed by atoms with van der Waals surface area (Å²) >= 11 is 2.23. The molecule has 0 spiro atoms. The maximum Gasteiger partial charge on any atom is 0.306 e. The van der Waals surface area contributed by atoms with Gasteiger partial charge in [-0.25, -0.2) is 4.98 Å². The summed E-state index contributed by atoms with van der Waals surface area (Å²) in [6, 6.07) is 6.08. The van der Waals surface area contributed by atoms with Crippen molar-refractivity contribution in [3.8, 4) is 0 Å². The molecule has 0 bridgehead atoms. The standard InChI is InChI=1S/C14H19IN2O2/c1-2-19-14(18)10-11-6-8-17(9-7-11)13-5-3-4-12(15)16-13/h3-5,11H,2,6-10H2,1H3. The van der Waals surface area contributed by atoms with Crippen LogP contribution in [0.1, 0.15) is 26.2 Å². The van der Waals surface area contributed by atoms with Crippen molar-refractivity contribution < 1.29 is 9.53 Å². The fourth-order valence-corrected chi connectivity index (χ4v) is 2.85. The fraction of sp³-hybridized carbons (Fsp3) is 0.571. The Bertz CT molecular complexity index is 431. The Morgan fingerprint density at radius 2 is 2.21 bits per heavy atom. The van der Waals surface area contributed by atoms with E-state index >= 15 is 0 Å². The van der Waals surface area contributed by atoms with E-state index in [1.54, 1.807) is 0 Å². The third-order valence-corrected chi connectivity index (χ3v) is 4.00. The Morgan fingerprint density at radius 1 is 1.47 bits per heavy atom. The zero-order chi connectivity index (χ0) is 13.7. The van der Waals surface area contributed by atoms with Crippen LogP contribution in [0.2, 0.25) is 0 Å². The lowest BCUT2D eigenvalue weighted by Gasteiger charge is -2.32. The minimum atomic E-state index is -0.0617. The molecule has 0 N–H and O–H groups in total. The third-order valence-electron chi connectivity index (χ3n) is 3.40. The second kappa shape index (κ2) is 7.07. The van der Waals surface area contributed by atoms with Crippen LogP contribution in [0.3, 0.4) is 0 Å². The summed E-state index contributed by atoms with van der Waals surface area (Å²) in [6.07, 6.45) is 2.62. The van der Waals surface area contributed by atoms with Gasteiger partial charge in [0.15, 0.2) is 0 Å². The molecule has 1 aromatic rings. The van der Waals surface area contributed by atoms with Crippen molar-refractivity contribution in [1.29, 1.82) is 0 Å². The van der Waals surface area contributed by atoms with E-state index in [0.29, 0.717) is 18.9 Å². The molecule has 0 amide bonds. The molecule has 1 fully saturated rings. The highest BCUT2D eigenvalue weighted by Crippen LogP contribution is 2.24. The van der Waals surface area contributed by atoms with E-state index in [9.17, 15) is 4.79 Å². The molecular formula is C14H19IN2O2. The number of carbonyl (C=O) groups excluding carboxylic acids is 1. The first-order chi connectivity index (χ1) is 9.19. The number of ether oxygens (including phenoxy) is 1. The summed E-state index contributed by atoms with van der Waals surface area (Å²) in [5, 5.41) is 0. The highest BCUT2D eigenvalue weighted by atomic mass is 127. The van der Waals surface area contributed by atoms with Crippen molar-refractivity contribution in [3.05, 3.63) is 21.9 Å². The van der Waals surface area contributed by atoms with Crippen molar-refractivity contribution in [2.24, 2.45) is 5.92 Å². The number of hydrogen-bond donors (Lipinski definition) is 0. The maximum absolute atomic E-state index is 11.5. The Balaban J connectivity index is 1.84. The number of aromatic nitrogens is 1. The summed E-state index contributed by atoms with van der Waals surface area (Å²) in [7, 11) is 0. The van der Waals surface area contributed by atoms with Crippen molar-refractivity contribution in [2.75, 3.05) is 24.6 Å². The maximum atomic E-state index is 11.5. The van der Waals surface area contributed by atoms with Gasteiger partial charge >= 0.3 is 5.97 Å². The lowest BCUT2D eigenvalue weighted by Crippen LogP contribution is -2.35. The van der Waals surface area contributed by atoms with Crippen LogP contribution in [0.5, 0.6) is 0 Å². The molecule has 4 nitrogen and oxygen atoms in total. The van der Waals surface area contributed by atoms with E-state index in [-0.39, 0.29) is 5.97 Å². The van der Waals surface area contributed by atoms with Gasteiger partial charge in [-0.1, -0.05) is 6.07 Å². The Labute approximate surface area is 127 Å². The Kier molecular flexibility index (Phi) is 5.42. The number of nitrogens with zero attached hydrogens (tertiary/aromatic N) is 2. The largest absolute Gasteiger partial charge is 0.466 e. The quantitative estimate of drug-likeness (QED) is 0.462. The number of carbonyl (C=O) groups is 1. The summed E-state index contributed by atoms with van der Waals surface area (Å²) in [5.74, 6) is 1.44. The number of halogens is 1. The molecule has 0 atom stereocenters. The molecule has 1 saturated heterocycles. The molecule has 19 heavy (non-hydrogen) atoms. The number of anilines is 1. The zero-order valence-electron chi connectivity index (χ0n) is 11.1. The van der Waals surface area contributed by atoms with E-state index in [1.807, 2.05) is 25.1 Å². The van der Waals surface area contributed by atoms with Crippen LogP contribution < -0.4 is 4.90 Å². The van der Waals surface area contributed by atoms with E-state index in [4.69, 9.17) is 4.74 Å². The molecule has 5 heteroatoms. The molecule has 0 radical (unpaired) electrons. The van der Waals surface area contributed by atoms with Gasteiger partial charge in [-0.3, -0.25) is 4.79 Å². The van der Waals surface area contributed by atoms with Gasteiger partial charge in [0, 0.05) is 19.5 Å². The van der Waals surface area contributed by atoms with Gasteiger partial charge in [-0.15, -0.1) is 0 Å². The predicted molar refractivity (Wildman–Crippen MR) is 83.1 cm³/mol. The van der Waals surface area contributed by atoms with Crippen LogP contribution in [0.15, 0.2) is 18.2 Å². The molecule has 0 aliphatic carbocycles. The summed E-state index contributed by atoms with van der Waals surface area (Å²) in [5.41, 5.74) is 0. The SMILES string of the molecule is CCOC(=O)CC1CCN(c2cccc(I)n2)CC1. The molecule has 104 valence electrons. The number of hydrogen-bond acceptors (Lipinski definition) is 4. The van der Waals surface area contributed by atoms with Crippen LogP contribution in [0, 0.1) is 9.62 Å². The van der Waals surface area contributed by atoms with Gasteiger partial charge in [0.2, 0.25) is 0 Å². The average molecular weight is 374 g/mol. The fourth-order valence-electron chi connectivity index (χ4n) is 2.40. The van der Waals surface area contributed by atoms with Gasteiger partial charge in [0.05, 0.1) is 6.61 Å². The first-order valence-electron chi connectivity index (χ1n) is 6.72. The van der Waals surface area contributed by atoms with Crippen LogP contribution in [0.4, 0.5) is 5.82 Å². The first kappa shape index (κ1) is 14.6. The van der Waals surface area contributed by atoms with Gasteiger partial charge < -0.3 is 9.64 Å². The summed E-state index contributed by atoms with van der Waals surface area (Å²) in [4.78, 5) is 18.3. The van der Waals surface area contributed by atoms with E-state index < -0.39 is 0 Å². The smallest absolute Gasteiger partial charge is 0.306 e. The molecule has 0 aromatic carbocycles. The van der Waals surface area contributed by atoms with Crippen molar-refractivity contribution in [2.45, 2.75) is 26.2 Å². The predicted octanol–water partition coefficient (Wildman–Crippen LogP) is 2.86. The third kappa shape index (κ3) is 4.33. The monoisotopic (exact) mass is 374 g/mol. The minimum absolute atomic E-state index is 0.0617. The summed E-state index contributed by atoms with van der Waals surface area (Å²) < 4.78 is 6.02. The Hall–Kier alpha value is -0.850. The molecule has 1 aliphatic heterocycles. The van der Waals surface area contributed by atoms with Gasteiger partial charge in [0.1, 0.15) is 9.52 Å². The zero-order valence-corrected chi connectivity index (χ0v) is 13.3.